The molecule has 1 fully saturated rings. The highest BCUT2D eigenvalue weighted by Gasteiger charge is 2.43. The maximum atomic E-state index is 4.81. The summed E-state index contributed by atoms with van der Waals surface area (Å²) in [5.74, 6) is 0. The van der Waals surface area contributed by atoms with Crippen LogP contribution in [0.3, 0.4) is 0 Å². The van der Waals surface area contributed by atoms with Crippen molar-refractivity contribution < 1.29 is 0 Å². The Bertz CT molecular complexity index is 423. The molecule has 0 saturated carbocycles. The zero-order valence-corrected chi connectivity index (χ0v) is 13.5. The van der Waals surface area contributed by atoms with Crippen molar-refractivity contribution >= 4 is 24.8 Å². The van der Waals surface area contributed by atoms with Crippen LogP contribution in [0.1, 0.15) is 50.1 Å². The predicted molar refractivity (Wildman–Crippen MR) is 83.9 cm³/mol. The minimum atomic E-state index is 0. The second-order valence-corrected chi connectivity index (χ2v) is 5.47. The van der Waals surface area contributed by atoms with Crippen LogP contribution in [0, 0.1) is 0 Å². The van der Waals surface area contributed by atoms with Crippen LogP contribution in [0.2, 0.25) is 0 Å². The zero-order chi connectivity index (χ0) is 11.9. The van der Waals surface area contributed by atoms with E-state index in [1.807, 2.05) is 0 Å². The first-order chi connectivity index (χ1) is 8.30. The molecule has 1 N–H and O–H groups in total. The summed E-state index contributed by atoms with van der Waals surface area (Å²) in [6.07, 6.45) is 6.31. The molecule has 0 radical (unpaired) electrons. The number of nitrogens with zero attached hydrogens (tertiary/aromatic N) is 2. The third kappa shape index (κ3) is 2.53. The predicted octanol–water partition coefficient (Wildman–Crippen LogP) is 2.88. The van der Waals surface area contributed by atoms with E-state index in [2.05, 4.69) is 23.8 Å². The molecular weight excluding hydrogens is 281 g/mol. The van der Waals surface area contributed by atoms with Gasteiger partial charge in [-0.2, -0.15) is 5.10 Å². The van der Waals surface area contributed by atoms with Gasteiger partial charge in [0.05, 0.1) is 5.69 Å². The van der Waals surface area contributed by atoms with Crippen LogP contribution in [0.15, 0.2) is 0 Å². The van der Waals surface area contributed by atoms with Gasteiger partial charge in [0, 0.05) is 23.2 Å². The number of halogens is 2. The van der Waals surface area contributed by atoms with E-state index in [-0.39, 0.29) is 24.8 Å². The minimum absolute atomic E-state index is 0. The lowest BCUT2D eigenvalue weighted by Crippen LogP contribution is -2.38. The standard InChI is InChI=1S/C14H23N3.2ClH/c1-3-11-13-12(17(4-2)16-11)5-6-14(13)7-9-15-10-8-14;;/h15H,3-10H2,1-2H3;2*1H. The van der Waals surface area contributed by atoms with Crippen molar-refractivity contribution in [2.45, 2.75) is 57.9 Å². The second-order valence-electron chi connectivity index (χ2n) is 5.47. The van der Waals surface area contributed by atoms with E-state index >= 15 is 0 Å². The lowest BCUT2D eigenvalue weighted by Gasteiger charge is -2.34. The van der Waals surface area contributed by atoms with Crippen LogP contribution in [0.25, 0.3) is 0 Å². The van der Waals surface area contributed by atoms with Gasteiger partial charge in [-0.1, -0.05) is 6.92 Å². The molecule has 1 saturated heterocycles. The Morgan fingerprint density at radius 1 is 1.16 bits per heavy atom. The topological polar surface area (TPSA) is 29.9 Å². The van der Waals surface area contributed by atoms with Crippen LogP contribution in [-0.4, -0.2) is 22.9 Å². The Balaban J connectivity index is 0.000000902. The fourth-order valence-electron chi connectivity index (χ4n) is 3.81. The Labute approximate surface area is 128 Å². The van der Waals surface area contributed by atoms with Crippen molar-refractivity contribution in [2.75, 3.05) is 13.1 Å². The molecule has 3 nitrogen and oxygen atoms in total. The third-order valence-corrected chi connectivity index (χ3v) is 4.70. The van der Waals surface area contributed by atoms with E-state index in [1.165, 1.54) is 44.5 Å². The number of piperidine rings is 1. The molecule has 1 aromatic rings. The largest absolute Gasteiger partial charge is 0.317 e. The zero-order valence-electron chi connectivity index (χ0n) is 11.9. The number of rotatable bonds is 2. The fraction of sp³-hybridized carbons (Fsp3) is 0.786. The molecule has 1 aliphatic heterocycles. The summed E-state index contributed by atoms with van der Waals surface area (Å²) < 4.78 is 2.25. The highest BCUT2D eigenvalue weighted by Crippen LogP contribution is 2.46. The van der Waals surface area contributed by atoms with Crippen LogP contribution in [-0.2, 0) is 24.8 Å². The van der Waals surface area contributed by atoms with Crippen molar-refractivity contribution in [3.05, 3.63) is 17.0 Å². The van der Waals surface area contributed by atoms with Gasteiger partial charge in [-0.05, 0) is 52.1 Å². The number of hydrogen-bond acceptors (Lipinski definition) is 2. The molecule has 0 aromatic carbocycles. The molecule has 5 heteroatoms. The van der Waals surface area contributed by atoms with Crippen molar-refractivity contribution in [1.29, 1.82) is 0 Å². The summed E-state index contributed by atoms with van der Waals surface area (Å²) in [7, 11) is 0. The average molecular weight is 306 g/mol. The van der Waals surface area contributed by atoms with Gasteiger partial charge in [0.1, 0.15) is 0 Å². The smallest absolute Gasteiger partial charge is 0.0662 e. The highest BCUT2D eigenvalue weighted by atomic mass is 35.5. The number of nitrogens with one attached hydrogen (secondary N) is 1. The maximum Gasteiger partial charge on any atom is 0.0662 e. The minimum Gasteiger partial charge on any atom is -0.317 e. The van der Waals surface area contributed by atoms with Gasteiger partial charge in [-0.25, -0.2) is 0 Å². The molecule has 0 bridgehead atoms. The Morgan fingerprint density at radius 2 is 1.84 bits per heavy atom. The molecule has 3 rings (SSSR count). The average Bonchev–Trinajstić information content (AvgIpc) is 2.90. The molecule has 1 aromatic heterocycles. The van der Waals surface area contributed by atoms with Gasteiger partial charge in [0.2, 0.25) is 0 Å². The van der Waals surface area contributed by atoms with Gasteiger partial charge >= 0.3 is 0 Å². The number of aromatic nitrogens is 2. The van der Waals surface area contributed by atoms with Gasteiger partial charge in [0.25, 0.3) is 0 Å². The number of hydrogen-bond donors (Lipinski definition) is 1. The van der Waals surface area contributed by atoms with E-state index in [1.54, 1.807) is 11.3 Å². The molecule has 110 valence electrons. The van der Waals surface area contributed by atoms with Gasteiger partial charge < -0.3 is 5.32 Å². The molecule has 19 heavy (non-hydrogen) atoms. The second kappa shape index (κ2) is 6.47. The first kappa shape index (κ1) is 16.8. The SMILES string of the molecule is CCc1nn(CC)c2c1C1(CCNCC1)CC2.Cl.Cl. The van der Waals surface area contributed by atoms with E-state index in [9.17, 15) is 0 Å². The van der Waals surface area contributed by atoms with E-state index in [4.69, 9.17) is 5.10 Å². The van der Waals surface area contributed by atoms with E-state index < -0.39 is 0 Å². The number of fused-ring (bicyclic) bond motifs is 2. The summed E-state index contributed by atoms with van der Waals surface area (Å²) in [4.78, 5) is 0. The van der Waals surface area contributed by atoms with Crippen LogP contribution in [0.4, 0.5) is 0 Å². The Hall–Kier alpha value is -0.250. The van der Waals surface area contributed by atoms with Crippen molar-refractivity contribution in [2.24, 2.45) is 0 Å². The van der Waals surface area contributed by atoms with Crippen LogP contribution >= 0.6 is 24.8 Å². The Morgan fingerprint density at radius 3 is 2.42 bits per heavy atom. The molecule has 0 unspecified atom stereocenters. The lowest BCUT2D eigenvalue weighted by molar-refractivity contribution is 0.304. The summed E-state index contributed by atoms with van der Waals surface area (Å²) >= 11 is 0. The summed E-state index contributed by atoms with van der Waals surface area (Å²) in [6.45, 7) is 7.84. The third-order valence-electron chi connectivity index (χ3n) is 4.70. The van der Waals surface area contributed by atoms with Gasteiger partial charge in [-0.3, -0.25) is 4.68 Å². The summed E-state index contributed by atoms with van der Waals surface area (Å²) in [5.41, 5.74) is 5.04. The van der Waals surface area contributed by atoms with E-state index in [0.717, 1.165) is 13.0 Å². The van der Waals surface area contributed by atoms with Gasteiger partial charge in [-0.15, -0.1) is 24.8 Å². The fourth-order valence-corrected chi connectivity index (χ4v) is 3.81. The quantitative estimate of drug-likeness (QED) is 0.910. The molecule has 2 heterocycles. The first-order valence-corrected chi connectivity index (χ1v) is 7.10. The monoisotopic (exact) mass is 305 g/mol. The van der Waals surface area contributed by atoms with Crippen molar-refractivity contribution in [3.8, 4) is 0 Å². The van der Waals surface area contributed by atoms with Gasteiger partial charge in [0.15, 0.2) is 0 Å². The molecule has 1 aliphatic carbocycles. The van der Waals surface area contributed by atoms with Crippen LogP contribution < -0.4 is 5.32 Å². The van der Waals surface area contributed by atoms with Crippen molar-refractivity contribution in [3.63, 3.8) is 0 Å². The summed E-state index contributed by atoms with van der Waals surface area (Å²) in [5, 5.41) is 8.31. The maximum absolute atomic E-state index is 4.81. The van der Waals surface area contributed by atoms with Crippen molar-refractivity contribution in [1.82, 2.24) is 15.1 Å². The molecule has 0 amide bonds. The normalized spacial score (nSPS) is 19.7. The van der Waals surface area contributed by atoms with E-state index in [0.29, 0.717) is 5.41 Å². The Kier molecular flexibility index (Phi) is 5.72. The first-order valence-electron chi connectivity index (χ1n) is 7.10. The summed E-state index contributed by atoms with van der Waals surface area (Å²) in [6, 6.07) is 0. The lowest BCUT2D eigenvalue weighted by atomic mass is 9.74. The number of aryl methyl sites for hydroxylation is 2. The molecule has 0 atom stereocenters. The van der Waals surface area contributed by atoms with Crippen LogP contribution in [0.5, 0.6) is 0 Å². The molecule has 1 spiro atoms. The highest BCUT2D eigenvalue weighted by molar-refractivity contribution is 5.85. The molecular formula is C14H25Cl2N3. The molecule has 2 aliphatic rings.